The number of hydrogen-bond donors (Lipinski definition) is 1. The van der Waals surface area contributed by atoms with Crippen LogP contribution in [0, 0.1) is 0 Å². The van der Waals surface area contributed by atoms with Crippen molar-refractivity contribution < 1.29 is 27.9 Å². The molecule has 0 fully saturated rings. The Labute approximate surface area is 162 Å². The van der Waals surface area contributed by atoms with E-state index in [1.54, 1.807) is 30.3 Å². The van der Waals surface area contributed by atoms with Gasteiger partial charge in [-0.15, -0.1) is 0 Å². The summed E-state index contributed by atoms with van der Waals surface area (Å²) < 4.78 is 28.5. The van der Waals surface area contributed by atoms with Crippen LogP contribution in [0.2, 0.25) is 5.02 Å². The molecule has 0 aromatic heterocycles. The highest BCUT2D eigenvalue weighted by Crippen LogP contribution is 2.63. The molecule has 0 aliphatic carbocycles. The zero-order valence-corrected chi connectivity index (χ0v) is 16.6. The highest BCUT2D eigenvalue weighted by molar-refractivity contribution is 7.56. The Kier molecular flexibility index (Phi) is 6.78. The smallest absolute Gasteiger partial charge is 0.371 e. The van der Waals surface area contributed by atoms with Gasteiger partial charge >= 0.3 is 13.6 Å². The van der Waals surface area contributed by atoms with Crippen LogP contribution >= 0.6 is 19.2 Å². The van der Waals surface area contributed by atoms with Crippen LogP contribution in [0.3, 0.4) is 0 Å². The first-order chi connectivity index (χ1) is 12.8. The maximum absolute atomic E-state index is 13.4. The summed E-state index contributed by atoms with van der Waals surface area (Å²) in [5.74, 6) is -1.67. The van der Waals surface area contributed by atoms with Crippen LogP contribution in [0.5, 0.6) is 0 Å². The largest absolute Gasteiger partial charge is 0.467 e. The van der Waals surface area contributed by atoms with Gasteiger partial charge in [0.1, 0.15) is 0 Å². The number of ether oxygens (including phenoxy) is 1. The topological polar surface area (TPSA) is 90.9 Å². The molecule has 2 aromatic carbocycles. The molecule has 0 spiro atoms. The summed E-state index contributed by atoms with van der Waals surface area (Å²) in [6.07, 6.45) is 0. The first-order valence-corrected chi connectivity index (χ1v) is 9.70. The summed E-state index contributed by atoms with van der Waals surface area (Å²) in [7, 11) is -0.912. The lowest BCUT2D eigenvalue weighted by Gasteiger charge is -2.36. The number of hydrogen-bond acceptors (Lipinski definition) is 6. The monoisotopic (exact) mass is 411 g/mol. The summed E-state index contributed by atoms with van der Waals surface area (Å²) in [5, 5.41) is 0.658. The first-order valence-electron chi connectivity index (χ1n) is 7.78. The third-order valence-electron chi connectivity index (χ3n) is 3.96. The minimum absolute atomic E-state index is 0.134. The Morgan fingerprint density at radius 2 is 1.52 bits per heavy atom. The standard InChI is InChI=1S/C18H19ClNO6P/c1-24-17(22)18(27(23,25-2)26-3,14-9-11-15(19)12-10-14)20-16(21)13-7-5-4-6-8-13/h4-12H,1-3H3,(H,20,21)/t18-/m1/s1. The van der Waals surface area contributed by atoms with Crippen molar-refractivity contribution in [1.82, 2.24) is 5.32 Å². The molecule has 0 unspecified atom stereocenters. The minimum atomic E-state index is -4.26. The molecule has 0 saturated carbocycles. The van der Waals surface area contributed by atoms with Crippen LogP contribution in [-0.4, -0.2) is 33.2 Å². The molecule has 0 saturated heterocycles. The first kappa shape index (κ1) is 21.1. The van der Waals surface area contributed by atoms with Gasteiger partial charge in [-0.3, -0.25) is 9.36 Å². The molecule has 0 heterocycles. The summed E-state index contributed by atoms with van der Waals surface area (Å²) >= 11 is 5.92. The zero-order chi connectivity index (χ0) is 20.1. The molecule has 0 aliphatic heterocycles. The lowest BCUT2D eigenvalue weighted by Crippen LogP contribution is -2.52. The number of esters is 1. The van der Waals surface area contributed by atoms with Crippen molar-refractivity contribution in [1.29, 1.82) is 0 Å². The molecule has 0 bridgehead atoms. The fraction of sp³-hybridized carbons (Fsp3) is 0.222. The number of benzene rings is 2. The van der Waals surface area contributed by atoms with Crippen LogP contribution in [0.4, 0.5) is 0 Å². The van der Waals surface area contributed by atoms with Crippen molar-refractivity contribution in [3.63, 3.8) is 0 Å². The van der Waals surface area contributed by atoms with Crippen LogP contribution < -0.4 is 5.32 Å². The van der Waals surface area contributed by atoms with Crippen molar-refractivity contribution in [3.8, 4) is 0 Å². The van der Waals surface area contributed by atoms with E-state index in [9.17, 15) is 14.2 Å². The normalized spacial score (nSPS) is 13.5. The molecule has 0 aliphatic rings. The quantitative estimate of drug-likeness (QED) is 0.553. The van der Waals surface area contributed by atoms with E-state index < -0.39 is 24.8 Å². The van der Waals surface area contributed by atoms with Crippen molar-refractivity contribution in [3.05, 3.63) is 70.7 Å². The lowest BCUT2D eigenvalue weighted by molar-refractivity contribution is -0.145. The van der Waals surface area contributed by atoms with Crippen LogP contribution in [0.1, 0.15) is 15.9 Å². The van der Waals surface area contributed by atoms with E-state index in [1.165, 1.54) is 24.3 Å². The Morgan fingerprint density at radius 3 is 2.00 bits per heavy atom. The van der Waals surface area contributed by atoms with Gasteiger partial charge in [0.15, 0.2) is 0 Å². The van der Waals surface area contributed by atoms with Crippen molar-refractivity contribution in [2.24, 2.45) is 0 Å². The van der Waals surface area contributed by atoms with Gasteiger partial charge in [0.25, 0.3) is 11.2 Å². The fourth-order valence-electron chi connectivity index (χ4n) is 2.59. The Morgan fingerprint density at radius 1 is 0.963 bits per heavy atom. The highest BCUT2D eigenvalue weighted by Gasteiger charge is 2.60. The molecule has 27 heavy (non-hydrogen) atoms. The number of methoxy groups -OCH3 is 1. The second kappa shape index (κ2) is 8.67. The third kappa shape index (κ3) is 3.92. The predicted octanol–water partition coefficient (Wildman–Crippen LogP) is 3.58. The van der Waals surface area contributed by atoms with Gasteiger partial charge in [-0.1, -0.05) is 41.9 Å². The van der Waals surface area contributed by atoms with E-state index in [0.29, 0.717) is 5.02 Å². The van der Waals surface area contributed by atoms with Gasteiger partial charge in [-0.05, 0) is 24.3 Å². The molecular weight excluding hydrogens is 393 g/mol. The van der Waals surface area contributed by atoms with Gasteiger partial charge in [-0.2, -0.15) is 0 Å². The molecule has 7 nitrogen and oxygen atoms in total. The second-order valence-electron chi connectivity index (χ2n) is 5.39. The van der Waals surface area contributed by atoms with Gasteiger partial charge in [0, 0.05) is 30.4 Å². The number of carbonyl (C=O) groups is 2. The van der Waals surface area contributed by atoms with Crippen LogP contribution in [0.25, 0.3) is 0 Å². The SMILES string of the molecule is COC(=O)[C@@](NC(=O)c1ccccc1)(c1ccc(Cl)cc1)P(=O)(OC)OC. The van der Waals surface area contributed by atoms with E-state index in [1.807, 2.05) is 0 Å². The van der Waals surface area contributed by atoms with Gasteiger partial charge < -0.3 is 19.1 Å². The number of halogens is 1. The maximum Gasteiger partial charge on any atom is 0.371 e. The Balaban J connectivity index is 2.71. The van der Waals surface area contributed by atoms with Crippen LogP contribution in [0.15, 0.2) is 54.6 Å². The zero-order valence-electron chi connectivity index (χ0n) is 15.0. The lowest BCUT2D eigenvalue weighted by atomic mass is 10.1. The van der Waals surface area contributed by atoms with Gasteiger partial charge in [0.05, 0.1) is 7.11 Å². The van der Waals surface area contributed by atoms with Crippen molar-refractivity contribution in [2.75, 3.05) is 21.3 Å². The van der Waals surface area contributed by atoms with Crippen molar-refractivity contribution in [2.45, 2.75) is 5.28 Å². The van der Waals surface area contributed by atoms with E-state index in [0.717, 1.165) is 21.3 Å². The molecule has 144 valence electrons. The van der Waals surface area contributed by atoms with E-state index in [-0.39, 0.29) is 11.1 Å². The molecule has 9 heteroatoms. The number of carbonyl (C=O) groups excluding carboxylic acids is 2. The second-order valence-corrected chi connectivity index (χ2v) is 8.22. The number of amides is 1. The van der Waals surface area contributed by atoms with Crippen LogP contribution in [-0.2, 0) is 28.4 Å². The third-order valence-corrected chi connectivity index (χ3v) is 6.55. The average Bonchev–Trinajstić information content (AvgIpc) is 2.72. The number of nitrogens with one attached hydrogen (secondary N) is 1. The van der Waals surface area contributed by atoms with E-state index >= 15 is 0 Å². The fourth-order valence-corrected chi connectivity index (χ4v) is 4.43. The summed E-state index contributed by atoms with van der Waals surface area (Å²) in [5.41, 5.74) is 0.383. The molecule has 1 atom stereocenters. The predicted molar refractivity (Wildman–Crippen MR) is 101 cm³/mol. The van der Waals surface area contributed by atoms with Gasteiger partial charge in [-0.25, -0.2) is 4.79 Å². The molecule has 2 aromatic rings. The van der Waals surface area contributed by atoms with E-state index in [2.05, 4.69) is 5.32 Å². The summed E-state index contributed by atoms with van der Waals surface area (Å²) in [4.78, 5) is 25.7. The van der Waals surface area contributed by atoms with Gasteiger partial charge in [0.2, 0.25) is 0 Å². The van der Waals surface area contributed by atoms with Crippen molar-refractivity contribution >= 4 is 31.1 Å². The highest BCUT2D eigenvalue weighted by atomic mass is 35.5. The maximum atomic E-state index is 13.4. The molecule has 2 rings (SSSR count). The molecule has 1 N–H and O–H groups in total. The molecule has 0 radical (unpaired) electrons. The molecular formula is C18H19ClNO6P. The summed E-state index contributed by atoms with van der Waals surface area (Å²) in [6.45, 7) is 0. The Hall–Kier alpha value is -2.18. The Bertz CT molecular complexity index is 850. The summed E-state index contributed by atoms with van der Waals surface area (Å²) in [6, 6.07) is 14.0. The average molecular weight is 412 g/mol. The van der Waals surface area contributed by atoms with E-state index in [4.69, 9.17) is 25.4 Å². The minimum Gasteiger partial charge on any atom is -0.467 e. The molecule has 1 amide bonds. The number of rotatable bonds is 7.